The Morgan fingerprint density at radius 3 is 2.58 bits per heavy atom. The van der Waals surface area contributed by atoms with Crippen molar-refractivity contribution in [2.45, 2.75) is 58.7 Å². The number of esters is 1. The number of nitrogens with one attached hydrogen (secondary N) is 3. The lowest BCUT2D eigenvalue weighted by molar-refractivity contribution is -0.145. The second kappa shape index (κ2) is 12.2. The average Bonchev–Trinajstić information content (AvgIpc) is 2.66. The van der Waals surface area contributed by atoms with Crippen LogP contribution in [0.15, 0.2) is 24.0 Å². The number of nitrogen functional groups attached to an aromatic ring is 1. The van der Waals surface area contributed by atoms with Gasteiger partial charge in [-0.25, -0.2) is 19.6 Å². The Kier molecular flexibility index (Phi) is 9.98. The van der Waals surface area contributed by atoms with Crippen LogP contribution in [0.1, 0.15) is 41.0 Å². The van der Waals surface area contributed by atoms with E-state index in [0.29, 0.717) is 11.4 Å². The first-order valence-corrected chi connectivity index (χ1v) is 9.76. The Labute approximate surface area is 182 Å². The summed E-state index contributed by atoms with van der Waals surface area (Å²) in [5.41, 5.74) is 5.46. The fourth-order valence-corrected chi connectivity index (χ4v) is 2.25. The molecule has 0 aliphatic rings. The highest BCUT2D eigenvalue weighted by Gasteiger charge is 2.24. The number of aromatic nitrogens is 2. The van der Waals surface area contributed by atoms with Crippen LogP contribution in [0.3, 0.4) is 0 Å². The monoisotopic (exact) mass is 430 g/mol. The van der Waals surface area contributed by atoms with Crippen molar-refractivity contribution in [1.82, 2.24) is 15.3 Å². The Hall–Kier alpha value is -3.61. The molecular weight excluding hydrogens is 400 g/mol. The number of carbonyl (C=O) groups is 2. The fourth-order valence-electron chi connectivity index (χ4n) is 2.25. The molecule has 10 nitrogen and oxygen atoms in total. The summed E-state index contributed by atoms with van der Waals surface area (Å²) in [6.45, 7) is 8.83. The van der Waals surface area contributed by atoms with Gasteiger partial charge in [0.2, 0.25) is 0 Å². The molecule has 1 rings (SSSR count). The van der Waals surface area contributed by atoms with Gasteiger partial charge in [-0.15, -0.1) is 0 Å². The molecule has 1 aromatic heterocycles. The van der Waals surface area contributed by atoms with E-state index in [4.69, 9.17) is 20.6 Å². The molecule has 0 aromatic carbocycles. The molecule has 0 spiro atoms. The molecule has 1 aromatic rings. The number of anilines is 2. The van der Waals surface area contributed by atoms with Crippen molar-refractivity contribution in [3.63, 3.8) is 0 Å². The normalized spacial score (nSPS) is 13.1. The van der Waals surface area contributed by atoms with E-state index in [1.54, 1.807) is 33.8 Å². The van der Waals surface area contributed by atoms with Crippen LogP contribution in [0.2, 0.25) is 0 Å². The van der Waals surface area contributed by atoms with Gasteiger partial charge in [0, 0.05) is 36.6 Å². The van der Waals surface area contributed by atoms with Gasteiger partial charge >= 0.3 is 12.1 Å². The zero-order valence-corrected chi connectivity index (χ0v) is 18.5. The molecule has 0 saturated carbocycles. The van der Waals surface area contributed by atoms with Gasteiger partial charge in [0.15, 0.2) is 11.6 Å². The van der Waals surface area contributed by atoms with Gasteiger partial charge in [-0.1, -0.05) is 11.8 Å². The van der Waals surface area contributed by atoms with Gasteiger partial charge in [-0.3, -0.25) is 0 Å². The number of carbonyl (C=O) groups excluding carboxylic acids is 2. The molecule has 0 fully saturated rings. The maximum absolute atomic E-state index is 12.1. The first-order valence-electron chi connectivity index (χ1n) is 9.76. The van der Waals surface area contributed by atoms with Crippen LogP contribution in [0.4, 0.5) is 16.4 Å². The number of hydrogen-bond donors (Lipinski definition) is 4. The van der Waals surface area contributed by atoms with Gasteiger partial charge in [-0.05, 0) is 40.7 Å². The molecule has 0 aliphatic carbocycles. The van der Waals surface area contributed by atoms with E-state index < -0.39 is 23.7 Å². The van der Waals surface area contributed by atoms with Crippen molar-refractivity contribution in [1.29, 1.82) is 5.41 Å². The Balaban J connectivity index is 2.85. The van der Waals surface area contributed by atoms with Crippen LogP contribution in [0.5, 0.6) is 0 Å². The number of ether oxygens (including phenoxy) is 2. The van der Waals surface area contributed by atoms with Gasteiger partial charge in [-0.2, -0.15) is 0 Å². The van der Waals surface area contributed by atoms with Crippen molar-refractivity contribution in [2.24, 2.45) is 0 Å². The van der Waals surface area contributed by atoms with Crippen molar-refractivity contribution in [3.05, 3.63) is 24.0 Å². The molecule has 10 heteroatoms. The molecule has 5 N–H and O–H groups in total. The smallest absolute Gasteiger partial charge is 0.408 e. The molecule has 168 valence electrons. The van der Waals surface area contributed by atoms with Crippen LogP contribution < -0.4 is 16.4 Å². The lowest BCUT2D eigenvalue weighted by Gasteiger charge is -2.22. The molecule has 1 amide bonds. The Morgan fingerprint density at radius 1 is 1.32 bits per heavy atom. The second-order valence-corrected chi connectivity index (χ2v) is 7.45. The average molecular weight is 431 g/mol. The summed E-state index contributed by atoms with van der Waals surface area (Å²) in [5, 5.41) is 13.1. The predicted octanol–water partition coefficient (Wildman–Crippen LogP) is 2.29. The van der Waals surface area contributed by atoms with E-state index in [-0.39, 0.29) is 24.9 Å². The molecule has 1 unspecified atom stereocenters. The van der Waals surface area contributed by atoms with Crippen molar-refractivity contribution in [2.75, 3.05) is 17.7 Å². The van der Waals surface area contributed by atoms with Crippen molar-refractivity contribution < 1.29 is 19.1 Å². The quantitative estimate of drug-likeness (QED) is 0.278. The second-order valence-electron chi connectivity index (χ2n) is 7.45. The topological polar surface area (TPSA) is 152 Å². The summed E-state index contributed by atoms with van der Waals surface area (Å²) in [4.78, 5) is 32.2. The highest BCUT2D eigenvalue weighted by atomic mass is 16.6. The van der Waals surface area contributed by atoms with Gasteiger partial charge in [0.25, 0.3) is 0 Å². The van der Waals surface area contributed by atoms with Gasteiger partial charge < -0.3 is 31.3 Å². The Bertz CT molecular complexity index is 867. The minimum atomic E-state index is -0.996. The van der Waals surface area contributed by atoms with Crippen LogP contribution in [0, 0.1) is 17.3 Å². The highest BCUT2D eigenvalue weighted by molar-refractivity contribution is 5.83. The summed E-state index contributed by atoms with van der Waals surface area (Å²) in [6.07, 6.45) is 5.04. The zero-order valence-electron chi connectivity index (χ0n) is 18.5. The standard InChI is InChI=1S/C21H30N6O4/c1-6-30-19(28)16(27-20(29)31-21(3,4)5)9-7-8-15(13-22)12-14(2)26-18-17(23)24-10-11-25-18/h10-14,16,22H,6,9H2,1-5H3,(H2,23,24)(H,25,26)(H,27,29)/b15-12-,22-13?/t14-,16?/m1/s1. The SMILES string of the molecule is CCOC(=O)C(CC#C/C(C=N)=C/[C@@H](C)Nc1nccnc1N)NC(=O)OC(C)(C)C. The van der Waals surface area contributed by atoms with E-state index in [0.717, 1.165) is 6.21 Å². The zero-order chi connectivity index (χ0) is 23.4. The van der Waals surface area contributed by atoms with E-state index in [1.165, 1.54) is 12.4 Å². The number of nitrogens with zero attached hydrogens (tertiary/aromatic N) is 2. The van der Waals surface area contributed by atoms with Crippen molar-refractivity contribution in [3.8, 4) is 11.8 Å². The molecule has 31 heavy (non-hydrogen) atoms. The maximum Gasteiger partial charge on any atom is 0.408 e. The highest BCUT2D eigenvalue weighted by Crippen LogP contribution is 2.12. The lowest BCUT2D eigenvalue weighted by atomic mass is 10.1. The van der Waals surface area contributed by atoms with E-state index >= 15 is 0 Å². The summed E-state index contributed by atoms with van der Waals surface area (Å²) in [5.74, 6) is 5.68. The molecule has 0 radical (unpaired) electrons. The Morgan fingerprint density at radius 2 is 2.00 bits per heavy atom. The summed E-state index contributed by atoms with van der Waals surface area (Å²) in [7, 11) is 0. The molecule has 1 heterocycles. The largest absolute Gasteiger partial charge is 0.464 e. The molecule has 0 saturated heterocycles. The van der Waals surface area contributed by atoms with E-state index in [1.807, 2.05) is 6.92 Å². The lowest BCUT2D eigenvalue weighted by Crippen LogP contribution is -2.44. The maximum atomic E-state index is 12.1. The first-order chi connectivity index (χ1) is 14.6. The van der Waals surface area contributed by atoms with Crippen LogP contribution in [-0.2, 0) is 14.3 Å². The summed E-state index contributed by atoms with van der Waals surface area (Å²) in [6, 6.07) is -1.24. The number of alkyl carbamates (subject to hydrolysis) is 1. The molecule has 0 aliphatic heterocycles. The number of nitrogens with two attached hydrogens (primary N) is 1. The number of allylic oxidation sites excluding steroid dienone is 1. The third-order valence-electron chi connectivity index (χ3n) is 3.48. The minimum absolute atomic E-state index is 0.0117. The fraction of sp³-hybridized carbons (Fsp3) is 0.476. The van der Waals surface area contributed by atoms with Crippen LogP contribution >= 0.6 is 0 Å². The predicted molar refractivity (Wildman–Crippen MR) is 119 cm³/mol. The van der Waals surface area contributed by atoms with E-state index in [2.05, 4.69) is 32.4 Å². The van der Waals surface area contributed by atoms with Crippen LogP contribution in [0.25, 0.3) is 0 Å². The third kappa shape index (κ3) is 10.1. The summed E-state index contributed by atoms with van der Waals surface area (Å²) < 4.78 is 10.2. The molecule has 2 atom stereocenters. The molecular formula is C21H30N6O4. The third-order valence-corrected chi connectivity index (χ3v) is 3.48. The number of rotatable bonds is 8. The van der Waals surface area contributed by atoms with Gasteiger partial charge in [0.05, 0.1) is 6.61 Å². The molecule has 0 bridgehead atoms. The minimum Gasteiger partial charge on any atom is -0.464 e. The van der Waals surface area contributed by atoms with E-state index in [9.17, 15) is 9.59 Å². The number of hydrogen-bond acceptors (Lipinski definition) is 9. The van der Waals surface area contributed by atoms with Crippen molar-refractivity contribution >= 4 is 29.9 Å². The number of amides is 1. The van der Waals surface area contributed by atoms with Gasteiger partial charge in [0.1, 0.15) is 11.6 Å². The summed E-state index contributed by atoms with van der Waals surface area (Å²) >= 11 is 0. The van der Waals surface area contributed by atoms with Crippen LogP contribution in [-0.4, -0.2) is 52.5 Å². The first kappa shape index (κ1) is 25.4.